The Hall–Kier alpha value is -3.07. The summed E-state index contributed by atoms with van der Waals surface area (Å²) in [6, 6.07) is 5.91. The van der Waals surface area contributed by atoms with E-state index in [0.29, 0.717) is 71.4 Å². The van der Waals surface area contributed by atoms with Crippen molar-refractivity contribution in [2.45, 2.75) is 116 Å². The molecule has 334 valence electrons. The molecule has 20 heteroatoms. The van der Waals surface area contributed by atoms with Crippen molar-refractivity contribution in [1.82, 2.24) is 23.6 Å². The molecule has 60 heavy (non-hydrogen) atoms. The zero-order valence-corrected chi connectivity index (χ0v) is 37.9. The lowest BCUT2D eigenvalue weighted by Crippen LogP contribution is -2.55. The quantitative estimate of drug-likeness (QED) is 0.147. The second-order valence-corrected chi connectivity index (χ2v) is 21.8. The minimum absolute atomic E-state index is 0.0928. The van der Waals surface area contributed by atoms with E-state index in [9.17, 15) is 41.6 Å². The molecule has 0 spiro atoms. The third-order valence-electron chi connectivity index (χ3n) is 11.2. The fourth-order valence-electron chi connectivity index (χ4n) is 8.12. The van der Waals surface area contributed by atoms with Gasteiger partial charge in [0.15, 0.2) is 0 Å². The smallest absolute Gasteiger partial charge is 0.410 e. The van der Waals surface area contributed by atoms with Crippen molar-refractivity contribution in [3.05, 3.63) is 67.7 Å². The van der Waals surface area contributed by atoms with Gasteiger partial charge in [0.25, 0.3) is 0 Å². The number of benzene rings is 2. The number of rotatable bonds is 13. The van der Waals surface area contributed by atoms with Crippen LogP contribution in [0, 0.1) is 0 Å². The van der Waals surface area contributed by atoms with Crippen molar-refractivity contribution in [3.8, 4) is 0 Å². The molecule has 0 aromatic heterocycles. The van der Waals surface area contributed by atoms with Crippen LogP contribution in [-0.4, -0.2) is 132 Å². The Morgan fingerprint density at radius 2 is 1.48 bits per heavy atom. The van der Waals surface area contributed by atoms with Gasteiger partial charge in [0.2, 0.25) is 32.9 Å². The molecule has 6 rings (SSSR count). The lowest BCUT2D eigenvalue weighted by molar-refractivity contribution is -0.163. The molecule has 2 aromatic rings. The second-order valence-electron chi connectivity index (χ2n) is 16.9. The van der Waals surface area contributed by atoms with Gasteiger partial charge in [-0.2, -0.15) is 8.61 Å². The zero-order chi connectivity index (χ0) is 44.2. The molecule has 2 aromatic carbocycles. The van der Waals surface area contributed by atoms with Crippen molar-refractivity contribution >= 4 is 62.2 Å². The van der Waals surface area contributed by atoms with Crippen LogP contribution in [0.1, 0.15) is 106 Å². The summed E-state index contributed by atoms with van der Waals surface area (Å²) >= 11 is 12.2. The van der Waals surface area contributed by atoms with Gasteiger partial charge in [0, 0.05) is 39.3 Å². The van der Waals surface area contributed by atoms with E-state index in [1.807, 2.05) is 0 Å². The fraction of sp³-hybridized carbons (Fsp3) is 0.625. The summed E-state index contributed by atoms with van der Waals surface area (Å²) in [5.74, 6) is -0.446. The molecule has 3 atom stereocenters. The highest BCUT2D eigenvalue weighted by Gasteiger charge is 2.43. The van der Waals surface area contributed by atoms with Crippen molar-refractivity contribution in [2.24, 2.45) is 0 Å². The van der Waals surface area contributed by atoms with Gasteiger partial charge in [-0.15, -0.1) is 0 Å². The van der Waals surface area contributed by atoms with Crippen LogP contribution in [0.5, 0.6) is 0 Å². The molecule has 2 fully saturated rings. The Labute approximate surface area is 363 Å². The average Bonchev–Trinajstić information content (AvgIpc) is 3.92. The maximum absolute atomic E-state index is 13.3. The van der Waals surface area contributed by atoms with Crippen LogP contribution in [-0.2, 0) is 65.0 Å². The van der Waals surface area contributed by atoms with Crippen LogP contribution in [0.2, 0.25) is 10.0 Å². The Kier molecular flexibility index (Phi) is 16.0. The number of hydrogen-bond acceptors (Lipinski definition) is 11. The van der Waals surface area contributed by atoms with Crippen molar-refractivity contribution in [2.75, 3.05) is 44.3 Å². The van der Waals surface area contributed by atoms with Crippen LogP contribution < -0.4 is 0 Å². The molecular weight excluding hydrogens is 862 g/mol. The summed E-state index contributed by atoms with van der Waals surface area (Å²) < 4.78 is 65.9. The Morgan fingerprint density at radius 1 is 0.883 bits per heavy atom. The predicted octanol–water partition coefficient (Wildman–Crippen LogP) is 5.49. The van der Waals surface area contributed by atoms with E-state index >= 15 is 0 Å². The number of hydrogen-bond donors (Lipinski definition) is 2. The van der Waals surface area contributed by atoms with Gasteiger partial charge in [-0.1, -0.05) is 49.2 Å². The Morgan fingerprint density at radius 3 is 2.05 bits per heavy atom. The summed E-state index contributed by atoms with van der Waals surface area (Å²) in [5.41, 5.74) is 5.64. The number of halogens is 2. The van der Waals surface area contributed by atoms with Crippen molar-refractivity contribution < 1.29 is 51.1 Å². The maximum Gasteiger partial charge on any atom is 0.410 e. The molecule has 4 heterocycles. The maximum atomic E-state index is 13.3. The Balaban J connectivity index is 0.000000232. The van der Waals surface area contributed by atoms with Crippen LogP contribution in [0.25, 0.3) is 0 Å². The molecule has 0 bridgehead atoms. The highest BCUT2D eigenvalue weighted by molar-refractivity contribution is 7.89. The normalized spacial score (nSPS) is 20.5. The number of sulfonamides is 2. The van der Waals surface area contributed by atoms with Crippen LogP contribution in [0.15, 0.2) is 24.3 Å². The van der Waals surface area contributed by atoms with Crippen molar-refractivity contribution in [1.29, 1.82) is 0 Å². The molecule has 1 unspecified atom stereocenters. The van der Waals surface area contributed by atoms with E-state index in [0.717, 1.165) is 36.1 Å². The third-order valence-corrected chi connectivity index (χ3v) is 15.6. The molecule has 16 nitrogen and oxygen atoms in total. The molecule has 2 N–H and O–H groups in total. The van der Waals surface area contributed by atoms with Crippen molar-refractivity contribution in [3.63, 3.8) is 0 Å². The van der Waals surface area contributed by atoms with Crippen LogP contribution in [0.3, 0.4) is 0 Å². The van der Waals surface area contributed by atoms with Gasteiger partial charge in [-0.3, -0.25) is 20.0 Å². The fourth-order valence-corrected chi connectivity index (χ4v) is 11.6. The van der Waals surface area contributed by atoms with E-state index < -0.39 is 49.6 Å². The first-order chi connectivity index (χ1) is 28.1. The molecule has 4 aliphatic heterocycles. The number of nitrogens with zero attached hydrogens (tertiary/aromatic N) is 5. The molecular formula is C40H57Cl2N5O11S2. The van der Waals surface area contributed by atoms with Gasteiger partial charge >= 0.3 is 6.09 Å². The van der Waals surface area contributed by atoms with E-state index in [1.165, 1.54) is 30.2 Å². The number of fused-ring (bicyclic) bond motifs is 2. The summed E-state index contributed by atoms with van der Waals surface area (Å²) in [6.07, 6.45) is 4.07. The lowest BCUT2D eigenvalue weighted by Gasteiger charge is -2.36. The lowest BCUT2D eigenvalue weighted by atomic mass is 9.87. The minimum atomic E-state index is -3.91. The number of amides is 3. The van der Waals surface area contributed by atoms with Crippen LogP contribution >= 0.6 is 23.2 Å². The molecule has 4 aliphatic rings. The van der Waals surface area contributed by atoms with E-state index in [2.05, 4.69) is 26.0 Å². The number of carbonyl (C=O) groups excluding carboxylic acids is 3. The standard InChI is InChI=1S/C21H29Cl2N3O6S.C19H28N2O5S/c1-21(2,3)32-20(28)25-7-4-5-18(25)19(26(29)13-27)12-33(30,31)24-8-6-14-9-16(22)17(23)10-15(14)11-24;1-14(2)17-10-15-5-6-21(27(24,25)9-7-20(23)13-22)12-16(15)11-18(17)19-4-3-8-26-19/h9-10,13,18-19,29H,4-8,11-12H2,1-3H3;10-11,13-14,19,23H,3-9,12H2,1-2H3/t18?,19-;19-/m11/s1. The summed E-state index contributed by atoms with van der Waals surface area (Å²) in [7, 11) is -7.46. The highest BCUT2D eigenvalue weighted by Crippen LogP contribution is 2.38. The summed E-state index contributed by atoms with van der Waals surface area (Å²) in [4.78, 5) is 36.0. The third kappa shape index (κ3) is 11.9. The van der Waals surface area contributed by atoms with E-state index in [4.69, 9.17) is 32.7 Å². The Bertz CT molecular complexity index is 2100. The number of ether oxygens (including phenoxy) is 2. The van der Waals surface area contributed by atoms with Gasteiger partial charge in [-0.25, -0.2) is 31.8 Å². The van der Waals surface area contributed by atoms with Gasteiger partial charge in [0.1, 0.15) is 5.60 Å². The van der Waals surface area contributed by atoms with E-state index in [-0.39, 0.29) is 44.3 Å². The first-order valence-corrected chi connectivity index (χ1v) is 24.1. The van der Waals surface area contributed by atoms with Gasteiger partial charge in [0.05, 0.1) is 46.3 Å². The first-order valence-electron chi connectivity index (χ1n) is 20.2. The molecule has 3 amide bonds. The first kappa shape index (κ1) is 48.0. The number of likely N-dealkylation sites (tertiary alicyclic amines) is 1. The SMILES string of the molecule is CC(C)(C)OC(=O)N1CCCC1[C@@H](CS(=O)(=O)N1CCc2cc(Cl)c(Cl)cc2C1)N(O)C=O.CC(C)c1cc2c(cc1[C@H]1CCCO1)CN(S(=O)(=O)CCN(O)C=O)CC2. The number of carbonyl (C=O) groups is 3. The highest BCUT2D eigenvalue weighted by atomic mass is 35.5. The molecule has 0 saturated carbocycles. The number of hydroxylamine groups is 4. The summed E-state index contributed by atoms with van der Waals surface area (Å²) in [6.45, 7) is 11.5. The topological polar surface area (TPSA) is 195 Å². The second kappa shape index (κ2) is 20.0. The average molecular weight is 919 g/mol. The largest absolute Gasteiger partial charge is 0.444 e. The summed E-state index contributed by atoms with van der Waals surface area (Å²) in [5, 5.41) is 20.9. The monoisotopic (exact) mass is 917 g/mol. The molecule has 0 aliphatic carbocycles. The zero-order valence-electron chi connectivity index (χ0n) is 34.8. The van der Waals surface area contributed by atoms with Gasteiger partial charge < -0.3 is 14.4 Å². The molecule has 0 radical (unpaired) electrons. The molecule has 2 saturated heterocycles. The van der Waals surface area contributed by atoms with Crippen LogP contribution in [0.4, 0.5) is 4.79 Å². The predicted molar refractivity (Wildman–Crippen MR) is 225 cm³/mol. The minimum Gasteiger partial charge on any atom is -0.444 e. The van der Waals surface area contributed by atoms with Gasteiger partial charge in [-0.05, 0) is 111 Å². The van der Waals surface area contributed by atoms with E-state index in [1.54, 1.807) is 32.9 Å².